The van der Waals surface area contributed by atoms with Gasteiger partial charge in [-0.15, -0.1) is 0 Å². The standard InChI is InChI=1S/C23H18N2/c1-18-11-13-20(14-12-18)17-25-22-10-6-5-9-21(22)24-23(25)16-15-19-7-3-2-4-8-19/h2-14H,17H2,1H3. The molecule has 4 aromatic rings. The molecule has 0 unspecified atom stereocenters. The number of aromatic nitrogens is 2. The topological polar surface area (TPSA) is 17.8 Å². The molecule has 0 saturated carbocycles. The van der Waals surface area contributed by atoms with Gasteiger partial charge in [0.25, 0.3) is 0 Å². The molecule has 0 amide bonds. The van der Waals surface area contributed by atoms with Gasteiger partial charge in [0, 0.05) is 5.56 Å². The maximum atomic E-state index is 4.73. The van der Waals surface area contributed by atoms with Gasteiger partial charge >= 0.3 is 0 Å². The minimum Gasteiger partial charge on any atom is -0.313 e. The molecule has 0 radical (unpaired) electrons. The largest absolute Gasteiger partial charge is 0.313 e. The fourth-order valence-electron chi connectivity index (χ4n) is 2.86. The first-order valence-electron chi connectivity index (χ1n) is 8.37. The number of hydrogen-bond acceptors (Lipinski definition) is 1. The van der Waals surface area contributed by atoms with Crippen molar-refractivity contribution in [2.24, 2.45) is 0 Å². The predicted octanol–water partition coefficient (Wildman–Crippen LogP) is 4.79. The summed E-state index contributed by atoms with van der Waals surface area (Å²) in [4.78, 5) is 4.73. The van der Waals surface area contributed by atoms with Gasteiger partial charge in [-0.2, -0.15) is 0 Å². The summed E-state index contributed by atoms with van der Waals surface area (Å²) in [5.41, 5.74) is 5.60. The highest BCUT2D eigenvalue weighted by atomic mass is 15.1. The van der Waals surface area contributed by atoms with Crippen LogP contribution in [0.4, 0.5) is 0 Å². The molecule has 1 heterocycles. The van der Waals surface area contributed by atoms with E-state index in [2.05, 4.69) is 53.7 Å². The van der Waals surface area contributed by atoms with Crippen LogP contribution < -0.4 is 0 Å². The maximum absolute atomic E-state index is 4.73. The molecule has 1 aromatic heterocycles. The molecule has 0 aliphatic carbocycles. The molecule has 0 N–H and O–H groups in total. The van der Waals surface area contributed by atoms with Gasteiger partial charge in [0.05, 0.1) is 17.6 Å². The molecule has 0 fully saturated rings. The molecule has 0 bridgehead atoms. The summed E-state index contributed by atoms with van der Waals surface area (Å²) >= 11 is 0. The van der Waals surface area contributed by atoms with E-state index in [-0.39, 0.29) is 0 Å². The SMILES string of the molecule is Cc1ccc(Cn2c(C#Cc3ccccc3)nc3ccccc32)cc1. The number of nitrogens with zero attached hydrogens (tertiary/aromatic N) is 2. The van der Waals surface area contributed by atoms with E-state index in [0.717, 1.165) is 29.0 Å². The van der Waals surface area contributed by atoms with Crippen LogP contribution in [0, 0.1) is 18.8 Å². The van der Waals surface area contributed by atoms with Crippen LogP contribution in [-0.4, -0.2) is 9.55 Å². The highest BCUT2D eigenvalue weighted by Crippen LogP contribution is 2.18. The highest BCUT2D eigenvalue weighted by Gasteiger charge is 2.09. The molecule has 2 heteroatoms. The Hall–Kier alpha value is -3.31. The number of rotatable bonds is 2. The third-order valence-corrected chi connectivity index (χ3v) is 4.21. The van der Waals surface area contributed by atoms with Crippen LogP contribution in [0.5, 0.6) is 0 Å². The van der Waals surface area contributed by atoms with Gasteiger partial charge in [0.15, 0.2) is 5.82 Å². The number of para-hydroxylation sites is 2. The van der Waals surface area contributed by atoms with Crippen molar-refractivity contribution in [3.05, 3.63) is 101 Å². The van der Waals surface area contributed by atoms with Crippen LogP contribution in [-0.2, 0) is 6.54 Å². The average Bonchev–Trinajstić information content (AvgIpc) is 3.00. The zero-order valence-corrected chi connectivity index (χ0v) is 14.1. The van der Waals surface area contributed by atoms with Crippen molar-refractivity contribution in [1.82, 2.24) is 9.55 Å². The third-order valence-electron chi connectivity index (χ3n) is 4.21. The second kappa shape index (κ2) is 6.67. The van der Waals surface area contributed by atoms with Gasteiger partial charge in [-0.1, -0.05) is 66.1 Å². The Bertz CT molecular complexity index is 1060. The van der Waals surface area contributed by atoms with Crippen LogP contribution >= 0.6 is 0 Å². The number of benzene rings is 3. The molecular weight excluding hydrogens is 304 g/mol. The Morgan fingerprint density at radius 3 is 2.32 bits per heavy atom. The molecule has 25 heavy (non-hydrogen) atoms. The normalized spacial score (nSPS) is 10.4. The number of hydrogen-bond donors (Lipinski definition) is 0. The van der Waals surface area contributed by atoms with Gasteiger partial charge < -0.3 is 4.57 Å². The molecule has 2 nitrogen and oxygen atoms in total. The Kier molecular flexibility index (Phi) is 4.06. The van der Waals surface area contributed by atoms with Gasteiger partial charge in [-0.3, -0.25) is 0 Å². The van der Waals surface area contributed by atoms with Crippen LogP contribution in [0.1, 0.15) is 22.5 Å². The van der Waals surface area contributed by atoms with E-state index in [0.29, 0.717) is 0 Å². The molecule has 0 saturated heterocycles. The molecule has 0 aliphatic heterocycles. The van der Waals surface area contributed by atoms with Crippen molar-refractivity contribution >= 4 is 11.0 Å². The van der Waals surface area contributed by atoms with Gasteiger partial charge in [-0.25, -0.2) is 4.98 Å². The minimum atomic E-state index is 0.763. The fourth-order valence-corrected chi connectivity index (χ4v) is 2.86. The summed E-state index contributed by atoms with van der Waals surface area (Å²) < 4.78 is 2.19. The summed E-state index contributed by atoms with van der Waals surface area (Å²) in [6, 6.07) is 26.8. The van der Waals surface area contributed by atoms with Crippen molar-refractivity contribution in [2.45, 2.75) is 13.5 Å². The van der Waals surface area contributed by atoms with Crippen molar-refractivity contribution in [1.29, 1.82) is 0 Å². The van der Waals surface area contributed by atoms with E-state index >= 15 is 0 Å². The summed E-state index contributed by atoms with van der Waals surface area (Å²) in [7, 11) is 0. The summed E-state index contributed by atoms with van der Waals surface area (Å²) in [5.74, 6) is 7.27. The highest BCUT2D eigenvalue weighted by molar-refractivity contribution is 5.77. The van der Waals surface area contributed by atoms with E-state index in [1.807, 2.05) is 48.5 Å². The zero-order chi connectivity index (χ0) is 17.1. The van der Waals surface area contributed by atoms with Crippen molar-refractivity contribution in [2.75, 3.05) is 0 Å². The second-order valence-electron chi connectivity index (χ2n) is 6.11. The van der Waals surface area contributed by atoms with Crippen LogP contribution in [0.2, 0.25) is 0 Å². The molecule has 0 atom stereocenters. The summed E-state index contributed by atoms with van der Waals surface area (Å²) in [6.07, 6.45) is 0. The lowest BCUT2D eigenvalue weighted by Gasteiger charge is -2.07. The van der Waals surface area contributed by atoms with Crippen LogP contribution in [0.25, 0.3) is 11.0 Å². The van der Waals surface area contributed by atoms with E-state index < -0.39 is 0 Å². The Labute approximate surface area is 147 Å². The first-order chi connectivity index (χ1) is 12.3. The van der Waals surface area contributed by atoms with E-state index in [9.17, 15) is 0 Å². The number of aryl methyl sites for hydroxylation is 1. The number of imidazole rings is 1. The predicted molar refractivity (Wildman–Crippen MR) is 102 cm³/mol. The van der Waals surface area contributed by atoms with Gasteiger partial charge in [-0.05, 0) is 42.7 Å². The molecular formula is C23H18N2. The van der Waals surface area contributed by atoms with Crippen molar-refractivity contribution in [3.63, 3.8) is 0 Å². The van der Waals surface area contributed by atoms with Crippen LogP contribution in [0.3, 0.4) is 0 Å². The second-order valence-corrected chi connectivity index (χ2v) is 6.11. The molecule has 3 aromatic carbocycles. The van der Waals surface area contributed by atoms with E-state index in [1.54, 1.807) is 0 Å². The van der Waals surface area contributed by atoms with Crippen LogP contribution in [0.15, 0.2) is 78.9 Å². The van der Waals surface area contributed by atoms with Crippen molar-refractivity contribution < 1.29 is 0 Å². The van der Waals surface area contributed by atoms with Gasteiger partial charge in [0.2, 0.25) is 0 Å². The Morgan fingerprint density at radius 1 is 0.800 bits per heavy atom. The first-order valence-corrected chi connectivity index (χ1v) is 8.37. The quantitative estimate of drug-likeness (QED) is 0.485. The van der Waals surface area contributed by atoms with E-state index in [1.165, 1.54) is 11.1 Å². The maximum Gasteiger partial charge on any atom is 0.187 e. The fraction of sp³-hybridized carbons (Fsp3) is 0.0870. The molecule has 0 aliphatic rings. The third kappa shape index (κ3) is 3.32. The molecule has 4 rings (SSSR count). The molecule has 120 valence electrons. The Morgan fingerprint density at radius 2 is 1.52 bits per heavy atom. The summed E-state index contributed by atoms with van der Waals surface area (Å²) in [5, 5.41) is 0. The average molecular weight is 322 g/mol. The monoisotopic (exact) mass is 322 g/mol. The Balaban J connectivity index is 1.78. The van der Waals surface area contributed by atoms with E-state index in [4.69, 9.17) is 4.98 Å². The lowest BCUT2D eigenvalue weighted by Crippen LogP contribution is -2.02. The smallest absolute Gasteiger partial charge is 0.187 e. The minimum absolute atomic E-state index is 0.763. The lowest BCUT2D eigenvalue weighted by atomic mass is 10.1. The van der Waals surface area contributed by atoms with Gasteiger partial charge in [0.1, 0.15) is 0 Å². The first kappa shape index (κ1) is 15.2. The summed E-state index contributed by atoms with van der Waals surface area (Å²) in [6.45, 7) is 2.87. The van der Waals surface area contributed by atoms with Crippen molar-refractivity contribution in [3.8, 4) is 11.8 Å². The molecule has 0 spiro atoms. The lowest BCUT2D eigenvalue weighted by molar-refractivity contribution is 0.810. The number of fused-ring (bicyclic) bond motifs is 1. The zero-order valence-electron chi connectivity index (χ0n) is 14.1.